The highest BCUT2D eigenvalue weighted by molar-refractivity contribution is 5.65. The van der Waals surface area contributed by atoms with Crippen LogP contribution in [0, 0.1) is 26.6 Å². The van der Waals surface area contributed by atoms with E-state index in [-0.39, 0.29) is 17.9 Å². The lowest BCUT2D eigenvalue weighted by atomic mass is 9.80. The number of rotatable bonds is 3. The minimum absolute atomic E-state index is 0.157. The number of hydrogen-bond donors (Lipinski definition) is 1. The van der Waals surface area contributed by atoms with E-state index in [4.69, 9.17) is 14.6 Å². The Hall–Kier alpha value is -3.26. The fourth-order valence-electron chi connectivity index (χ4n) is 5.66. The SMILES string of the molecule is Cc1cc(-c2cc3nc(C)c(C)c(N4[C@@H]5CC[C@@H]4CC(O)(c4ccc(F)cc4)C5)n3n2)no1. The van der Waals surface area contributed by atoms with E-state index in [1.165, 1.54) is 12.1 Å². The molecule has 2 aliphatic rings. The zero-order valence-electron chi connectivity index (χ0n) is 18.9. The van der Waals surface area contributed by atoms with Gasteiger partial charge in [-0.1, -0.05) is 17.3 Å². The van der Waals surface area contributed by atoms with Gasteiger partial charge in [0.05, 0.1) is 5.60 Å². The maximum absolute atomic E-state index is 13.5. The van der Waals surface area contributed by atoms with Gasteiger partial charge < -0.3 is 14.5 Å². The van der Waals surface area contributed by atoms with Gasteiger partial charge in [0.25, 0.3) is 0 Å². The fourth-order valence-corrected chi connectivity index (χ4v) is 5.66. The third kappa shape index (κ3) is 3.15. The monoisotopic (exact) mass is 447 g/mol. The van der Waals surface area contributed by atoms with Crippen LogP contribution in [0.1, 0.15) is 48.3 Å². The summed E-state index contributed by atoms with van der Waals surface area (Å²) >= 11 is 0. The predicted octanol–water partition coefficient (Wildman–Crippen LogP) is 4.47. The molecule has 2 bridgehead atoms. The van der Waals surface area contributed by atoms with E-state index < -0.39 is 5.60 Å². The molecule has 6 rings (SSSR count). The lowest BCUT2D eigenvalue weighted by Gasteiger charge is -2.45. The molecular weight excluding hydrogens is 421 g/mol. The Morgan fingerprint density at radius 3 is 2.36 bits per heavy atom. The zero-order chi connectivity index (χ0) is 22.9. The van der Waals surface area contributed by atoms with Crippen molar-refractivity contribution in [2.75, 3.05) is 4.90 Å². The Balaban J connectivity index is 1.43. The molecule has 2 saturated heterocycles. The first-order valence-corrected chi connectivity index (χ1v) is 11.4. The molecule has 7 nitrogen and oxygen atoms in total. The van der Waals surface area contributed by atoms with Crippen molar-refractivity contribution in [3.8, 4) is 11.4 Å². The second kappa shape index (κ2) is 7.12. The molecule has 170 valence electrons. The first-order chi connectivity index (χ1) is 15.8. The normalized spacial score (nSPS) is 24.7. The predicted molar refractivity (Wildman–Crippen MR) is 122 cm³/mol. The lowest BCUT2D eigenvalue weighted by Crippen LogP contribution is -2.50. The van der Waals surface area contributed by atoms with Crippen molar-refractivity contribution in [2.45, 2.75) is 64.1 Å². The number of anilines is 1. The average molecular weight is 448 g/mol. The van der Waals surface area contributed by atoms with Crippen LogP contribution in [0.15, 0.2) is 40.9 Å². The number of fused-ring (bicyclic) bond motifs is 3. The van der Waals surface area contributed by atoms with Gasteiger partial charge in [0.15, 0.2) is 5.65 Å². The minimum Gasteiger partial charge on any atom is -0.385 e. The standard InChI is InChI=1S/C25H26FN5O2/c1-14-10-22(29-33-14)21-11-23-27-16(3)15(2)24(31(23)28-21)30-19-8-9-20(30)13-25(32,12-19)17-4-6-18(26)7-5-17/h4-7,10-11,19-20,32H,8-9,12-13H2,1-3H3/t19-,20-/m1/s1. The van der Waals surface area contributed by atoms with E-state index in [2.05, 4.69) is 17.0 Å². The molecule has 2 fully saturated rings. The summed E-state index contributed by atoms with van der Waals surface area (Å²) in [6.45, 7) is 5.96. The van der Waals surface area contributed by atoms with Gasteiger partial charge in [-0.05, 0) is 51.3 Å². The molecule has 2 aliphatic heterocycles. The number of aryl methyl sites for hydroxylation is 2. The van der Waals surface area contributed by atoms with Gasteiger partial charge in [0, 0.05) is 48.3 Å². The van der Waals surface area contributed by atoms with Crippen LogP contribution < -0.4 is 4.90 Å². The van der Waals surface area contributed by atoms with E-state index in [0.29, 0.717) is 18.5 Å². The van der Waals surface area contributed by atoms with Crippen molar-refractivity contribution in [3.63, 3.8) is 0 Å². The Morgan fingerprint density at radius 2 is 1.73 bits per heavy atom. The van der Waals surface area contributed by atoms with Crippen LogP contribution in [-0.2, 0) is 5.60 Å². The average Bonchev–Trinajstić information content (AvgIpc) is 3.46. The largest absolute Gasteiger partial charge is 0.385 e. The molecule has 33 heavy (non-hydrogen) atoms. The zero-order valence-corrected chi connectivity index (χ0v) is 18.9. The summed E-state index contributed by atoms with van der Waals surface area (Å²) in [4.78, 5) is 7.20. The van der Waals surface area contributed by atoms with E-state index in [0.717, 1.165) is 52.6 Å². The van der Waals surface area contributed by atoms with E-state index in [1.807, 2.05) is 30.5 Å². The number of piperidine rings is 1. The van der Waals surface area contributed by atoms with Gasteiger partial charge in [-0.15, -0.1) is 0 Å². The van der Waals surface area contributed by atoms with Crippen molar-refractivity contribution < 1.29 is 14.0 Å². The van der Waals surface area contributed by atoms with Crippen LogP contribution in [0.2, 0.25) is 0 Å². The minimum atomic E-state index is -0.960. The molecule has 0 saturated carbocycles. The summed E-state index contributed by atoms with van der Waals surface area (Å²) in [5, 5.41) is 20.5. The highest BCUT2D eigenvalue weighted by Gasteiger charge is 2.49. The molecule has 5 heterocycles. The highest BCUT2D eigenvalue weighted by atomic mass is 19.1. The molecule has 1 aromatic carbocycles. The summed E-state index contributed by atoms with van der Waals surface area (Å²) in [6, 6.07) is 10.4. The Kier molecular flexibility index (Phi) is 4.39. The maximum Gasteiger partial charge on any atom is 0.158 e. The topological polar surface area (TPSA) is 79.7 Å². The van der Waals surface area contributed by atoms with E-state index in [9.17, 15) is 9.50 Å². The van der Waals surface area contributed by atoms with Gasteiger partial charge >= 0.3 is 0 Å². The molecule has 8 heteroatoms. The van der Waals surface area contributed by atoms with Gasteiger partial charge in [-0.3, -0.25) is 0 Å². The highest BCUT2D eigenvalue weighted by Crippen LogP contribution is 2.48. The number of aromatic nitrogens is 4. The van der Waals surface area contributed by atoms with Crippen LogP contribution in [0.4, 0.5) is 10.2 Å². The lowest BCUT2D eigenvalue weighted by molar-refractivity contribution is -0.00335. The quantitative estimate of drug-likeness (QED) is 0.499. The molecular formula is C25H26FN5O2. The van der Waals surface area contributed by atoms with Crippen molar-refractivity contribution >= 4 is 11.5 Å². The third-order valence-corrected chi connectivity index (χ3v) is 7.33. The van der Waals surface area contributed by atoms with Gasteiger partial charge in [-0.25, -0.2) is 9.37 Å². The number of halogens is 1. The van der Waals surface area contributed by atoms with Crippen molar-refractivity contribution in [2.24, 2.45) is 0 Å². The first kappa shape index (κ1) is 20.4. The number of aliphatic hydroxyl groups is 1. The number of hydrogen-bond acceptors (Lipinski definition) is 6. The van der Waals surface area contributed by atoms with Crippen LogP contribution in [0.3, 0.4) is 0 Å². The Labute approximate surface area is 190 Å². The van der Waals surface area contributed by atoms with Gasteiger partial charge in [0.2, 0.25) is 0 Å². The number of nitrogens with zero attached hydrogens (tertiary/aromatic N) is 5. The summed E-state index contributed by atoms with van der Waals surface area (Å²) in [5.74, 6) is 1.47. The van der Waals surface area contributed by atoms with Crippen LogP contribution in [0.25, 0.3) is 17.0 Å². The van der Waals surface area contributed by atoms with Crippen LogP contribution in [0.5, 0.6) is 0 Å². The third-order valence-electron chi connectivity index (χ3n) is 7.33. The number of benzene rings is 1. The summed E-state index contributed by atoms with van der Waals surface area (Å²) in [7, 11) is 0. The molecule has 1 N–H and O–H groups in total. The molecule has 2 atom stereocenters. The van der Waals surface area contributed by atoms with Crippen molar-refractivity contribution in [1.29, 1.82) is 0 Å². The fraction of sp³-hybridized carbons (Fsp3) is 0.400. The molecule has 0 aliphatic carbocycles. The van der Waals surface area contributed by atoms with Crippen LogP contribution >= 0.6 is 0 Å². The second-order valence-electron chi connectivity index (χ2n) is 9.51. The molecule has 0 unspecified atom stereocenters. The maximum atomic E-state index is 13.5. The van der Waals surface area contributed by atoms with Gasteiger partial charge in [-0.2, -0.15) is 9.61 Å². The second-order valence-corrected chi connectivity index (χ2v) is 9.51. The van der Waals surface area contributed by atoms with Crippen LogP contribution in [-0.4, -0.2) is 36.9 Å². The molecule has 0 radical (unpaired) electrons. The van der Waals surface area contributed by atoms with E-state index in [1.54, 1.807) is 12.1 Å². The Morgan fingerprint density at radius 1 is 1.03 bits per heavy atom. The van der Waals surface area contributed by atoms with Crippen molar-refractivity contribution in [1.82, 2.24) is 19.8 Å². The molecule has 3 aromatic heterocycles. The smallest absolute Gasteiger partial charge is 0.158 e. The van der Waals surface area contributed by atoms with Crippen molar-refractivity contribution in [3.05, 3.63) is 64.8 Å². The van der Waals surface area contributed by atoms with E-state index >= 15 is 0 Å². The molecule has 0 spiro atoms. The van der Waals surface area contributed by atoms with Gasteiger partial charge in [0.1, 0.15) is 28.8 Å². The Bertz CT molecular complexity index is 1350. The summed E-state index contributed by atoms with van der Waals surface area (Å²) < 4.78 is 20.6. The first-order valence-electron chi connectivity index (χ1n) is 11.4. The summed E-state index contributed by atoms with van der Waals surface area (Å²) in [6.07, 6.45) is 3.17. The molecule has 0 amide bonds. The summed E-state index contributed by atoms with van der Waals surface area (Å²) in [5.41, 5.74) is 4.04. The molecule has 4 aromatic rings.